The monoisotopic (exact) mass is 290 g/mol. The molecule has 1 aromatic carbocycles. The number of nitrogens with one attached hydrogen (secondary N) is 2. The van der Waals surface area contributed by atoms with E-state index in [0.717, 1.165) is 22.6 Å². The second kappa shape index (κ2) is 5.92. The smallest absolute Gasteiger partial charge is 0.325 e. The maximum Gasteiger partial charge on any atom is 0.325 e. The van der Waals surface area contributed by atoms with Gasteiger partial charge in [-0.3, -0.25) is 5.32 Å². The van der Waals surface area contributed by atoms with Crippen LogP contribution in [0.2, 0.25) is 0 Å². The molecule has 0 spiro atoms. The molecule has 2 amide bonds. The molecule has 0 saturated carbocycles. The Morgan fingerprint density at radius 1 is 1.25 bits per heavy atom. The fourth-order valence-electron chi connectivity index (χ4n) is 1.73. The van der Waals surface area contributed by atoms with Crippen molar-refractivity contribution in [1.82, 2.24) is 4.98 Å². The summed E-state index contributed by atoms with van der Waals surface area (Å²) in [6.07, 6.45) is 0. The molecule has 6 heteroatoms. The van der Waals surface area contributed by atoms with E-state index in [9.17, 15) is 4.79 Å². The Balaban J connectivity index is 2.04. The molecule has 0 fully saturated rings. The molecule has 0 bridgehead atoms. The summed E-state index contributed by atoms with van der Waals surface area (Å²) in [5, 5.41) is 8.05. The Kier molecular flexibility index (Phi) is 4.24. The van der Waals surface area contributed by atoms with Crippen LogP contribution in [-0.2, 0) is 0 Å². The molecule has 0 atom stereocenters. The highest BCUT2D eigenvalue weighted by molar-refractivity contribution is 7.13. The van der Waals surface area contributed by atoms with Crippen molar-refractivity contribution >= 4 is 33.9 Å². The first-order valence-electron chi connectivity index (χ1n) is 6.24. The molecule has 106 valence electrons. The van der Waals surface area contributed by atoms with E-state index in [1.165, 1.54) is 11.3 Å². The number of anilines is 3. The third-order valence-electron chi connectivity index (χ3n) is 2.81. The first kappa shape index (κ1) is 14.3. The minimum atomic E-state index is -0.278. The maximum absolute atomic E-state index is 11.9. The lowest BCUT2D eigenvalue weighted by molar-refractivity contribution is 0.262. The van der Waals surface area contributed by atoms with Gasteiger partial charge < -0.3 is 10.2 Å². The molecule has 0 aliphatic heterocycles. The summed E-state index contributed by atoms with van der Waals surface area (Å²) in [6, 6.07) is 5.62. The van der Waals surface area contributed by atoms with Crippen molar-refractivity contribution in [3.63, 3.8) is 0 Å². The van der Waals surface area contributed by atoms with Crippen molar-refractivity contribution in [2.45, 2.75) is 13.8 Å². The van der Waals surface area contributed by atoms with Crippen LogP contribution in [0, 0.1) is 13.8 Å². The predicted octanol–water partition coefficient (Wildman–Crippen LogP) is 3.47. The maximum atomic E-state index is 11.9. The quantitative estimate of drug-likeness (QED) is 0.910. The molecule has 0 aliphatic carbocycles. The first-order chi connectivity index (χ1) is 9.45. The van der Waals surface area contributed by atoms with Gasteiger partial charge in [-0.15, -0.1) is 11.3 Å². The molecule has 0 saturated heterocycles. The number of benzene rings is 1. The van der Waals surface area contributed by atoms with Gasteiger partial charge in [0.25, 0.3) is 0 Å². The summed E-state index contributed by atoms with van der Waals surface area (Å²) in [5.41, 5.74) is 3.81. The highest BCUT2D eigenvalue weighted by Gasteiger charge is 2.08. The predicted molar refractivity (Wildman–Crippen MR) is 85.0 cm³/mol. The number of rotatable bonds is 3. The fourth-order valence-corrected chi connectivity index (χ4v) is 2.41. The largest absolute Gasteiger partial charge is 0.378 e. The highest BCUT2D eigenvalue weighted by atomic mass is 32.1. The van der Waals surface area contributed by atoms with Crippen LogP contribution < -0.4 is 15.5 Å². The van der Waals surface area contributed by atoms with Gasteiger partial charge in [-0.25, -0.2) is 9.78 Å². The zero-order valence-electron chi connectivity index (χ0n) is 12.0. The number of thiazole rings is 1. The van der Waals surface area contributed by atoms with Gasteiger partial charge >= 0.3 is 6.03 Å². The first-order valence-corrected chi connectivity index (χ1v) is 7.12. The minimum Gasteiger partial charge on any atom is -0.378 e. The lowest BCUT2D eigenvalue weighted by Crippen LogP contribution is -2.20. The lowest BCUT2D eigenvalue weighted by Gasteiger charge is -2.15. The number of hydrogen-bond donors (Lipinski definition) is 2. The Hall–Kier alpha value is -2.08. The topological polar surface area (TPSA) is 57.3 Å². The number of urea groups is 1. The van der Waals surface area contributed by atoms with Gasteiger partial charge in [0.1, 0.15) is 0 Å². The Morgan fingerprint density at radius 3 is 2.55 bits per heavy atom. The van der Waals surface area contributed by atoms with E-state index in [4.69, 9.17) is 0 Å². The SMILES string of the molecule is Cc1csc(NC(=O)Nc2ccc(N(C)C)cc2C)n1. The van der Waals surface area contributed by atoms with Crippen molar-refractivity contribution in [3.05, 3.63) is 34.8 Å². The minimum absolute atomic E-state index is 0.278. The van der Waals surface area contributed by atoms with Crippen LogP contribution in [0.1, 0.15) is 11.3 Å². The van der Waals surface area contributed by atoms with Gasteiger partial charge in [-0.1, -0.05) is 0 Å². The molecular formula is C14H18N4OS. The van der Waals surface area contributed by atoms with Crippen LogP contribution in [0.25, 0.3) is 0 Å². The van der Waals surface area contributed by atoms with Gasteiger partial charge in [-0.05, 0) is 37.6 Å². The standard InChI is InChI=1S/C14H18N4OS/c1-9-7-11(18(3)4)5-6-12(9)16-13(19)17-14-15-10(2)8-20-14/h5-8H,1-4H3,(H2,15,16,17,19). The number of aryl methyl sites for hydroxylation is 2. The zero-order valence-corrected chi connectivity index (χ0v) is 12.8. The van der Waals surface area contributed by atoms with E-state index >= 15 is 0 Å². The Bertz CT molecular complexity index is 621. The number of carbonyl (C=O) groups is 1. The third-order valence-corrected chi connectivity index (χ3v) is 3.69. The van der Waals surface area contributed by atoms with Crippen molar-refractivity contribution in [1.29, 1.82) is 0 Å². The third kappa shape index (κ3) is 3.48. The molecule has 2 aromatic rings. The molecule has 2 N–H and O–H groups in total. The van der Waals surface area contributed by atoms with E-state index in [1.54, 1.807) is 0 Å². The molecule has 0 aliphatic rings. The van der Waals surface area contributed by atoms with Crippen molar-refractivity contribution in [2.24, 2.45) is 0 Å². The van der Waals surface area contributed by atoms with Gasteiger partial charge in [0, 0.05) is 30.9 Å². The van der Waals surface area contributed by atoms with Crippen LogP contribution in [-0.4, -0.2) is 25.1 Å². The Morgan fingerprint density at radius 2 is 2.00 bits per heavy atom. The molecule has 2 rings (SSSR count). The van der Waals surface area contributed by atoms with Gasteiger partial charge in [0.15, 0.2) is 5.13 Å². The van der Waals surface area contributed by atoms with Crippen LogP contribution in [0.3, 0.4) is 0 Å². The van der Waals surface area contributed by atoms with Gasteiger partial charge in [0.2, 0.25) is 0 Å². The average molecular weight is 290 g/mol. The van der Waals surface area contributed by atoms with E-state index in [1.807, 2.05) is 56.4 Å². The lowest BCUT2D eigenvalue weighted by atomic mass is 10.1. The summed E-state index contributed by atoms with van der Waals surface area (Å²) >= 11 is 1.41. The van der Waals surface area contributed by atoms with Gasteiger partial charge in [0.05, 0.1) is 5.69 Å². The molecule has 5 nitrogen and oxygen atoms in total. The van der Waals surface area contributed by atoms with Gasteiger partial charge in [-0.2, -0.15) is 0 Å². The van der Waals surface area contributed by atoms with Crippen molar-refractivity contribution < 1.29 is 4.79 Å². The van der Waals surface area contributed by atoms with E-state index in [0.29, 0.717) is 5.13 Å². The van der Waals surface area contributed by atoms with Crippen molar-refractivity contribution in [3.8, 4) is 0 Å². The van der Waals surface area contributed by atoms with E-state index < -0.39 is 0 Å². The number of carbonyl (C=O) groups excluding carboxylic acids is 1. The average Bonchev–Trinajstić information content (AvgIpc) is 2.77. The molecular weight excluding hydrogens is 272 g/mol. The van der Waals surface area contributed by atoms with Crippen molar-refractivity contribution in [2.75, 3.05) is 29.6 Å². The van der Waals surface area contributed by atoms with Crippen LogP contribution >= 0.6 is 11.3 Å². The number of aromatic nitrogens is 1. The molecule has 0 radical (unpaired) electrons. The second-order valence-electron chi connectivity index (χ2n) is 4.77. The summed E-state index contributed by atoms with van der Waals surface area (Å²) < 4.78 is 0. The van der Waals surface area contributed by atoms with E-state index in [-0.39, 0.29) is 6.03 Å². The van der Waals surface area contributed by atoms with Crippen LogP contribution in [0.15, 0.2) is 23.6 Å². The normalized spacial score (nSPS) is 10.2. The van der Waals surface area contributed by atoms with Crippen LogP contribution in [0.4, 0.5) is 21.3 Å². The summed E-state index contributed by atoms with van der Waals surface area (Å²) in [6.45, 7) is 3.86. The molecule has 0 unspecified atom stereocenters. The zero-order chi connectivity index (χ0) is 14.7. The summed E-state index contributed by atoms with van der Waals surface area (Å²) in [5.74, 6) is 0. The second-order valence-corrected chi connectivity index (χ2v) is 5.62. The number of hydrogen-bond acceptors (Lipinski definition) is 4. The van der Waals surface area contributed by atoms with E-state index in [2.05, 4.69) is 15.6 Å². The van der Waals surface area contributed by atoms with Crippen LogP contribution in [0.5, 0.6) is 0 Å². The highest BCUT2D eigenvalue weighted by Crippen LogP contribution is 2.22. The summed E-state index contributed by atoms with van der Waals surface area (Å²) in [7, 11) is 3.97. The summed E-state index contributed by atoms with van der Waals surface area (Å²) in [4.78, 5) is 18.1. The fraction of sp³-hybridized carbons (Fsp3) is 0.286. The molecule has 1 aromatic heterocycles. The number of nitrogens with zero attached hydrogens (tertiary/aromatic N) is 2. The molecule has 1 heterocycles. The number of amides is 2. The Labute approximate surface area is 122 Å². The molecule has 20 heavy (non-hydrogen) atoms.